The minimum Gasteiger partial charge on any atom is -0.481 e. The normalized spacial score (nSPS) is 20.7. The molecule has 0 amide bonds. The monoisotopic (exact) mass is 257 g/mol. The van der Waals surface area contributed by atoms with Crippen molar-refractivity contribution < 1.29 is 14.3 Å². The van der Waals surface area contributed by atoms with Crippen LogP contribution in [0.2, 0.25) is 5.02 Å². The maximum atomic E-state index is 12.9. The zero-order valence-electron chi connectivity index (χ0n) is 9.20. The number of aliphatic carboxylic acids is 1. The predicted molar refractivity (Wildman–Crippen MR) is 62.4 cm³/mol. The molecule has 1 heterocycles. The number of carboxylic acids is 1. The van der Waals surface area contributed by atoms with Crippen LogP contribution in [0.5, 0.6) is 0 Å². The van der Waals surface area contributed by atoms with Crippen LogP contribution in [0, 0.1) is 11.7 Å². The van der Waals surface area contributed by atoms with E-state index < -0.39 is 5.97 Å². The largest absolute Gasteiger partial charge is 0.481 e. The van der Waals surface area contributed by atoms with Crippen molar-refractivity contribution in [3.8, 4) is 0 Å². The third-order valence-corrected chi connectivity index (χ3v) is 3.38. The summed E-state index contributed by atoms with van der Waals surface area (Å²) in [6, 6.07) is 4.29. The lowest BCUT2D eigenvalue weighted by atomic mass is 10.1. The summed E-state index contributed by atoms with van der Waals surface area (Å²) < 4.78 is 12.9. The van der Waals surface area contributed by atoms with Gasteiger partial charge in [-0.25, -0.2) is 4.39 Å². The zero-order chi connectivity index (χ0) is 12.4. The van der Waals surface area contributed by atoms with E-state index in [0.717, 1.165) is 12.1 Å². The summed E-state index contributed by atoms with van der Waals surface area (Å²) in [5.74, 6) is -1.41. The van der Waals surface area contributed by atoms with Crippen LogP contribution in [0.3, 0.4) is 0 Å². The molecule has 1 saturated heterocycles. The maximum Gasteiger partial charge on any atom is 0.307 e. The summed E-state index contributed by atoms with van der Waals surface area (Å²) in [6.45, 7) is 1.84. The van der Waals surface area contributed by atoms with Gasteiger partial charge in [-0.05, 0) is 30.7 Å². The van der Waals surface area contributed by atoms with Crippen LogP contribution < -0.4 is 0 Å². The second-order valence-corrected chi connectivity index (χ2v) is 4.70. The van der Waals surface area contributed by atoms with Crippen LogP contribution in [0.1, 0.15) is 12.0 Å². The fourth-order valence-electron chi connectivity index (χ4n) is 2.07. The van der Waals surface area contributed by atoms with E-state index in [4.69, 9.17) is 16.7 Å². The molecule has 1 aromatic rings. The molecule has 1 aromatic carbocycles. The zero-order valence-corrected chi connectivity index (χ0v) is 9.95. The van der Waals surface area contributed by atoms with Gasteiger partial charge in [-0.2, -0.15) is 0 Å². The molecular weight excluding hydrogens is 245 g/mol. The van der Waals surface area contributed by atoms with Gasteiger partial charge in [0, 0.05) is 18.1 Å². The first-order valence-electron chi connectivity index (χ1n) is 5.45. The highest BCUT2D eigenvalue weighted by Gasteiger charge is 2.28. The van der Waals surface area contributed by atoms with E-state index in [1.54, 1.807) is 6.07 Å². The Labute approximate surface area is 104 Å². The molecule has 2 rings (SSSR count). The number of hydrogen-bond donors (Lipinski definition) is 1. The average Bonchev–Trinajstić information content (AvgIpc) is 2.71. The topological polar surface area (TPSA) is 40.5 Å². The number of hydrogen-bond acceptors (Lipinski definition) is 2. The first-order valence-corrected chi connectivity index (χ1v) is 5.83. The standard InChI is InChI=1S/C12H13ClFNO2/c13-11-5-10(14)2-1-8(11)6-15-4-3-9(7-15)12(16)17/h1-2,5,9H,3-4,6-7H2,(H,16,17)/t9-/m0/s1. The number of rotatable bonds is 3. The highest BCUT2D eigenvalue weighted by Crippen LogP contribution is 2.23. The Balaban J connectivity index is 2.00. The molecular formula is C12H13ClFNO2. The number of likely N-dealkylation sites (tertiary alicyclic amines) is 1. The number of carboxylic acid groups (broad SMARTS) is 1. The fraction of sp³-hybridized carbons (Fsp3) is 0.417. The van der Waals surface area contributed by atoms with Crippen molar-refractivity contribution in [2.75, 3.05) is 13.1 Å². The molecule has 92 valence electrons. The minimum atomic E-state index is -0.752. The van der Waals surface area contributed by atoms with Gasteiger partial charge in [0.2, 0.25) is 0 Å². The Kier molecular flexibility index (Phi) is 3.64. The van der Waals surface area contributed by atoms with Crippen LogP contribution in [0.15, 0.2) is 18.2 Å². The minimum absolute atomic E-state index is 0.297. The van der Waals surface area contributed by atoms with Gasteiger partial charge in [-0.15, -0.1) is 0 Å². The number of nitrogens with zero attached hydrogens (tertiary/aromatic N) is 1. The second kappa shape index (κ2) is 5.02. The van der Waals surface area contributed by atoms with Gasteiger partial charge < -0.3 is 5.11 Å². The van der Waals surface area contributed by atoms with E-state index in [1.807, 2.05) is 4.90 Å². The van der Waals surface area contributed by atoms with Crippen molar-refractivity contribution in [1.82, 2.24) is 4.90 Å². The quantitative estimate of drug-likeness (QED) is 0.904. The SMILES string of the molecule is O=C(O)[C@H]1CCN(Cc2ccc(F)cc2Cl)C1. The third-order valence-electron chi connectivity index (χ3n) is 3.03. The Hall–Kier alpha value is -1.13. The lowest BCUT2D eigenvalue weighted by molar-refractivity contribution is -0.141. The molecule has 1 aliphatic heterocycles. The van der Waals surface area contributed by atoms with Crippen LogP contribution in [-0.2, 0) is 11.3 Å². The van der Waals surface area contributed by atoms with E-state index in [1.165, 1.54) is 12.1 Å². The molecule has 0 spiro atoms. The molecule has 5 heteroatoms. The Morgan fingerprint density at radius 3 is 2.94 bits per heavy atom. The molecule has 0 unspecified atom stereocenters. The van der Waals surface area contributed by atoms with Crippen LogP contribution in [0.25, 0.3) is 0 Å². The molecule has 17 heavy (non-hydrogen) atoms. The van der Waals surface area contributed by atoms with Gasteiger partial charge in [0.05, 0.1) is 5.92 Å². The molecule has 0 aromatic heterocycles. The summed E-state index contributed by atoms with van der Waals surface area (Å²) in [5.41, 5.74) is 0.833. The third kappa shape index (κ3) is 2.96. The highest BCUT2D eigenvalue weighted by molar-refractivity contribution is 6.31. The number of benzene rings is 1. The first kappa shape index (κ1) is 12.3. The van der Waals surface area contributed by atoms with E-state index in [-0.39, 0.29) is 11.7 Å². The van der Waals surface area contributed by atoms with E-state index in [9.17, 15) is 9.18 Å². The lowest BCUT2D eigenvalue weighted by Gasteiger charge is -2.16. The summed E-state index contributed by atoms with van der Waals surface area (Å²) in [4.78, 5) is 12.8. The lowest BCUT2D eigenvalue weighted by Crippen LogP contribution is -2.22. The van der Waals surface area contributed by atoms with E-state index in [2.05, 4.69) is 0 Å². The Bertz CT molecular complexity index is 439. The highest BCUT2D eigenvalue weighted by atomic mass is 35.5. The fourth-order valence-corrected chi connectivity index (χ4v) is 2.30. The van der Waals surface area contributed by atoms with Crippen LogP contribution in [-0.4, -0.2) is 29.1 Å². The average molecular weight is 258 g/mol. The van der Waals surface area contributed by atoms with Crippen LogP contribution in [0.4, 0.5) is 4.39 Å². The predicted octanol–water partition coefficient (Wildman–Crippen LogP) is 2.39. The molecule has 0 bridgehead atoms. The molecule has 1 fully saturated rings. The van der Waals surface area contributed by atoms with Gasteiger partial charge in [0.15, 0.2) is 0 Å². The molecule has 3 nitrogen and oxygen atoms in total. The smallest absolute Gasteiger partial charge is 0.307 e. The maximum absolute atomic E-state index is 12.9. The van der Waals surface area contributed by atoms with Crippen molar-refractivity contribution >= 4 is 17.6 Å². The molecule has 0 radical (unpaired) electrons. The second-order valence-electron chi connectivity index (χ2n) is 4.29. The molecule has 1 aliphatic rings. The molecule has 1 atom stereocenters. The van der Waals surface area contributed by atoms with Crippen molar-refractivity contribution in [3.63, 3.8) is 0 Å². The molecule has 0 aliphatic carbocycles. The van der Waals surface area contributed by atoms with Crippen molar-refractivity contribution in [2.24, 2.45) is 5.92 Å². The van der Waals surface area contributed by atoms with Crippen molar-refractivity contribution in [3.05, 3.63) is 34.6 Å². The summed E-state index contributed by atoms with van der Waals surface area (Å²) >= 11 is 5.92. The number of carbonyl (C=O) groups is 1. The van der Waals surface area contributed by atoms with E-state index in [0.29, 0.717) is 24.5 Å². The van der Waals surface area contributed by atoms with Gasteiger partial charge in [0.25, 0.3) is 0 Å². The van der Waals surface area contributed by atoms with Gasteiger partial charge in [-0.3, -0.25) is 9.69 Å². The molecule has 1 N–H and O–H groups in total. The van der Waals surface area contributed by atoms with Gasteiger partial charge in [0.1, 0.15) is 5.82 Å². The van der Waals surface area contributed by atoms with Crippen molar-refractivity contribution in [1.29, 1.82) is 0 Å². The number of halogens is 2. The summed E-state index contributed by atoms with van der Waals surface area (Å²) in [7, 11) is 0. The summed E-state index contributed by atoms with van der Waals surface area (Å²) in [5, 5.41) is 9.28. The van der Waals surface area contributed by atoms with Crippen molar-refractivity contribution in [2.45, 2.75) is 13.0 Å². The first-order chi connectivity index (χ1) is 8.06. The van der Waals surface area contributed by atoms with Crippen LogP contribution >= 0.6 is 11.6 Å². The molecule has 0 saturated carbocycles. The van der Waals surface area contributed by atoms with E-state index >= 15 is 0 Å². The summed E-state index contributed by atoms with van der Waals surface area (Å²) in [6.07, 6.45) is 0.661. The Morgan fingerprint density at radius 2 is 2.35 bits per heavy atom. The van der Waals surface area contributed by atoms with Gasteiger partial charge >= 0.3 is 5.97 Å². The Morgan fingerprint density at radius 1 is 1.59 bits per heavy atom. The van der Waals surface area contributed by atoms with Gasteiger partial charge in [-0.1, -0.05) is 17.7 Å².